The van der Waals surface area contributed by atoms with Crippen LogP contribution in [0, 0.1) is 5.92 Å². The third kappa shape index (κ3) is 4.01. The summed E-state index contributed by atoms with van der Waals surface area (Å²) in [7, 11) is 0. The highest BCUT2D eigenvalue weighted by Gasteiger charge is 2.24. The van der Waals surface area contributed by atoms with E-state index in [0.29, 0.717) is 10.7 Å². The maximum absolute atomic E-state index is 11.2. The molecule has 0 aromatic heterocycles. The van der Waals surface area contributed by atoms with Gasteiger partial charge in [-0.15, -0.1) is 0 Å². The Morgan fingerprint density at radius 1 is 1.24 bits per heavy atom. The summed E-state index contributed by atoms with van der Waals surface area (Å²) in [6, 6.07) is 7.21. The van der Waals surface area contributed by atoms with E-state index in [-0.39, 0.29) is 17.6 Å². The lowest BCUT2D eigenvalue weighted by Gasteiger charge is -2.32. The van der Waals surface area contributed by atoms with E-state index in [0.717, 1.165) is 31.6 Å². The van der Waals surface area contributed by atoms with Gasteiger partial charge in [-0.1, -0.05) is 0 Å². The highest BCUT2D eigenvalue weighted by Crippen LogP contribution is 2.18. The highest BCUT2D eigenvalue weighted by atomic mass is 32.1. The Kier molecular flexibility index (Phi) is 4.90. The Hall–Kier alpha value is -1.95. The maximum atomic E-state index is 11.2. The van der Waals surface area contributed by atoms with Gasteiger partial charge in [-0.05, 0) is 56.2 Å². The van der Waals surface area contributed by atoms with Crippen LogP contribution in [0.1, 0.15) is 30.1 Å². The fourth-order valence-electron chi connectivity index (χ4n) is 2.36. The SMILES string of the molecule is CC(=O)c1ccc(NC(=S)N2CCC(C(N)=O)CC2)cc1. The van der Waals surface area contributed by atoms with Gasteiger partial charge >= 0.3 is 0 Å². The lowest BCUT2D eigenvalue weighted by Crippen LogP contribution is -2.43. The molecule has 0 unspecified atom stereocenters. The monoisotopic (exact) mass is 305 g/mol. The van der Waals surface area contributed by atoms with Crippen molar-refractivity contribution in [3.8, 4) is 0 Å². The number of carbonyl (C=O) groups is 2. The number of Topliss-reactive ketones (excluding diaryl/α,β-unsaturated/α-hetero) is 1. The number of nitrogens with two attached hydrogens (primary N) is 1. The largest absolute Gasteiger partial charge is 0.369 e. The van der Waals surface area contributed by atoms with Crippen molar-refractivity contribution in [3.05, 3.63) is 29.8 Å². The molecule has 0 aliphatic carbocycles. The van der Waals surface area contributed by atoms with Crippen molar-refractivity contribution in [2.45, 2.75) is 19.8 Å². The Bertz CT molecular complexity index is 549. The molecule has 112 valence electrons. The number of primary amides is 1. The van der Waals surface area contributed by atoms with Gasteiger partial charge in [0, 0.05) is 30.3 Å². The fraction of sp³-hybridized carbons (Fsp3) is 0.400. The average molecular weight is 305 g/mol. The quantitative estimate of drug-likeness (QED) is 0.658. The molecule has 5 nitrogen and oxygen atoms in total. The van der Waals surface area contributed by atoms with E-state index in [2.05, 4.69) is 5.32 Å². The van der Waals surface area contributed by atoms with Crippen molar-refractivity contribution in [3.63, 3.8) is 0 Å². The summed E-state index contributed by atoms with van der Waals surface area (Å²) in [6.07, 6.45) is 1.47. The topological polar surface area (TPSA) is 75.4 Å². The molecule has 0 saturated carbocycles. The number of rotatable bonds is 3. The summed E-state index contributed by atoms with van der Waals surface area (Å²) in [5, 5.41) is 3.78. The van der Waals surface area contributed by atoms with Crippen LogP contribution in [0.15, 0.2) is 24.3 Å². The van der Waals surface area contributed by atoms with E-state index in [1.54, 1.807) is 12.1 Å². The summed E-state index contributed by atoms with van der Waals surface area (Å²) in [6.45, 7) is 2.99. The number of thiocarbonyl (C=S) groups is 1. The van der Waals surface area contributed by atoms with Crippen molar-refractivity contribution < 1.29 is 9.59 Å². The van der Waals surface area contributed by atoms with Gasteiger partial charge in [-0.25, -0.2) is 0 Å². The van der Waals surface area contributed by atoms with Crippen LogP contribution in [-0.2, 0) is 4.79 Å². The molecule has 0 bridgehead atoms. The molecule has 1 aliphatic heterocycles. The zero-order chi connectivity index (χ0) is 15.4. The molecule has 1 fully saturated rings. The zero-order valence-corrected chi connectivity index (χ0v) is 12.8. The van der Waals surface area contributed by atoms with Gasteiger partial charge in [-0.2, -0.15) is 0 Å². The highest BCUT2D eigenvalue weighted by molar-refractivity contribution is 7.80. The van der Waals surface area contributed by atoms with Gasteiger partial charge in [0.25, 0.3) is 0 Å². The second-order valence-electron chi connectivity index (χ2n) is 5.23. The molecule has 0 spiro atoms. The second kappa shape index (κ2) is 6.67. The fourth-order valence-corrected chi connectivity index (χ4v) is 2.66. The minimum absolute atomic E-state index is 0.0395. The average Bonchev–Trinajstić information content (AvgIpc) is 2.47. The van der Waals surface area contributed by atoms with Crippen LogP contribution in [0.3, 0.4) is 0 Å². The lowest BCUT2D eigenvalue weighted by molar-refractivity contribution is -0.122. The lowest BCUT2D eigenvalue weighted by atomic mass is 9.97. The summed E-state index contributed by atoms with van der Waals surface area (Å²) in [4.78, 5) is 24.4. The maximum Gasteiger partial charge on any atom is 0.220 e. The predicted octanol–water partition coefficient (Wildman–Crippen LogP) is 1.78. The van der Waals surface area contributed by atoms with Crippen molar-refractivity contribution in [1.29, 1.82) is 0 Å². The van der Waals surface area contributed by atoms with Crippen LogP contribution in [0.25, 0.3) is 0 Å². The van der Waals surface area contributed by atoms with Crippen LogP contribution in [0.5, 0.6) is 0 Å². The molecule has 3 N–H and O–H groups in total. The minimum Gasteiger partial charge on any atom is -0.369 e. The number of likely N-dealkylation sites (tertiary alicyclic amines) is 1. The molecule has 1 heterocycles. The first-order valence-corrected chi connectivity index (χ1v) is 7.34. The Morgan fingerprint density at radius 3 is 2.29 bits per heavy atom. The smallest absolute Gasteiger partial charge is 0.220 e. The summed E-state index contributed by atoms with van der Waals surface area (Å²) < 4.78 is 0. The van der Waals surface area contributed by atoms with Crippen LogP contribution in [0.4, 0.5) is 5.69 Å². The molecule has 0 atom stereocenters. The number of hydrogen-bond donors (Lipinski definition) is 2. The first-order valence-electron chi connectivity index (χ1n) is 6.93. The van der Waals surface area contributed by atoms with Crippen LogP contribution in [0.2, 0.25) is 0 Å². The zero-order valence-electron chi connectivity index (χ0n) is 12.0. The third-order valence-electron chi connectivity index (χ3n) is 3.73. The number of piperidine rings is 1. The van der Waals surface area contributed by atoms with Crippen molar-refractivity contribution in [2.24, 2.45) is 11.7 Å². The van der Waals surface area contributed by atoms with Crippen molar-refractivity contribution in [1.82, 2.24) is 4.90 Å². The molecule has 21 heavy (non-hydrogen) atoms. The van der Waals surface area contributed by atoms with Gasteiger partial charge in [0.1, 0.15) is 0 Å². The molecule has 0 radical (unpaired) electrons. The van der Waals surface area contributed by atoms with Gasteiger partial charge in [-0.3, -0.25) is 9.59 Å². The normalized spacial score (nSPS) is 15.6. The van der Waals surface area contributed by atoms with Gasteiger partial charge < -0.3 is 16.0 Å². The second-order valence-corrected chi connectivity index (χ2v) is 5.61. The Morgan fingerprint density at radius 2 is 1.81 bits per heavy atom. The van der Waals surface area contributed by atoms with Gasteiger partial charge in [0.15, 0.2) is 10.9 Å². The first-order chi connectivity index (χ1) is 9.97. The van der Waals surface area contributed by atoms with Crippen LogP contribution < -0.4 is 11.1 Å². The van der Waals surface area contributed by atoms with Crippen molar-refractivity contribution in [2.75, 3.05) is 18.4 Å². The van der Waals surface area contributed by atoms with E-state index < -0.39 is 0 Å². The van der Waals surface area contributed by atoms with Gasteiger partial charge in [0.05, 0.1) is 0 Å². The number of amides is 1. The predicted molar refractivity (Wildman–Crippen MR) is 86.2 cm³/mol. The summed E-state index contributed by atoms with van der Waals surface area (Å²) in [5.74, 6) is -0.232. The first kappa shape index (κ1) is 15.4. The Labute approximate surface area is 129 Å². The van der Waals surface area contributed by atoms with E-state index in [9.17, 15) is 9.59 Å². The van der Waals surface area contributed by atoms with E-state index in [4.69, 9.17) is 18.0 Å². The molecule has 1 aliphatic rings. The van der Waals surface area contributed by atoms with E-state index in [1.165, 1.54) is 6.92 Å². The molecule has 1 saturated heterocycles. The molecule has 1 amide bonds. The minimum atomic E-state index is -0.228. The molecule has 1 aromatic rings. The number of benzene rings is 1. The van der Waals surface area contributed by atoms with Gasteiger partial charge in [0.2, 0.25) is 5.91 Å². The molecular weight excluding hydrogens is 286 g/mol. The van der Waals surface area contributed by atoms with Crippen LogP contribution >= 0.6 is 12.2 Å². The number of nitrogens with zero attached hydrogens (tertiary/aromatic N) is 1. The molecule has 2 rings (SSSR count). The number of carbonyl (C=O) groups excluding carboxylic acids is 2. The standard InChI is InChI=1S/C15H19N3O2S/c1-10(19)11-2-4-13(5-3-11)17-15(21)18-8-6-12(7-9-18)14(16)20/h2-5,12H,6-9H2,1H3,(H2,16,20)(H,17,21). The third-order valence-corrected chi connectivity index (χ3v) is 4.09. The molecular formula is C15H19N3O2S. The number of ketones is 1. The van der Waals surface area contributed by atoms with Crippen LogP contribution in [-0.4, -0.2) is 34.8 Å². The summed E-state index contributed by atoms with van der Waals surface area (Å²) >= 11 is 5.38. The number of nitrogens with one attached hydrogen (secondary N) is 1. The molecule has 6 heteroatoms. The Balaban J connectivity index is 1.90. The van der Waals surface area contributed by atoms with E-state index >= 15 is 0 Å². The molecule has 1 aromatic carbocycles. The van der Waals surface area contributed by atoms with Crippen molar-refractivity contribution >= 4 is 34.7 Å². The van der Waals surface area contributed by atoms with E-state index in [1.807, 2.05) is 17.0 Å². The summed E-state index contributed by atoms with van der Waals surface area (Å²) in [5.41, 5.74) is 6.84. The number of anilines is 1. The number of hydrogen-bond acceptors (Lipinski definition) is 3.